The molecular formula is C10H21ClN2O6S. The third-order valence-corrected chi connectivity index (χ3v) is 3.38. The molecule has 0 spiro atoms. The van der Waals surface area contributed by atoms with Crippen molar-refractivity contribution in [3.63, 3.8) is 0 Å². The van der Waals surface area contributed by atoms with Gasteiger partial charge < -0.3 is 15.2 Å². The number of sulfonamides is 1. The summed E-state index contributed by atoms with van der Waals surface area (Å²) in [6.07, 6.45) is 0.216. The van der Waals surface area contributed by atoms with E-state index in [1.54, 1.807) is 13.8 Å². The van der Waals surface area contributed by atoms with Crippen molar-refractivity contribution in [3.8, 4) is 0 Å². The summed E-state index contributed by atoms with van der Waals surface area (Å²) in [5, 5.41) is 0. The van der Waals surface area contributed by atoms with Crippen molar-refractivity contribution < 1.29 is 27.5 Å². The third-order valence-electron chi connectivity index (χ3n) is 1.96. The van der Waals surface area contributed by atoms with Crippen LogP contribution in [-0.2, 0) is 29.1 Å². The highest BCUT2D eigenvalue weighted by atomic mass is 35.5. The monoisotopic (exact) mass is 332 g/mol. The summed E-state index contributed by atoms with van der Waals surface area (Å²) < 4.78 is 34.5. The highest BCUT2D eigenvalue weighted by Gasteiger charge is 2.33. The molecular weight excluding hydrogens is 312 g/mol. The Labute approximate surface area is 124 Å². The summed E-state index contributed by atoms with van der Waals surface area (Å²) in [4.78, 5) is 23.1. The van der Waals surface area contributed by atoms with E-state index in [9.17, 15) is 18.0 Å². The average molecular weight is 333 g/mol. The predicted molar refractivity (Wildman–Crippen MR) is 74.9 cm³/mol. The van der Waals surface area contributed by atoms with Crippen molar-refractivity contribution in [1.82, 2.24) is 4.72 Å². The predicted octanol–water partition coefficient (Wildman–Crippen LogP) is -0.829. The Morgan fingerprint density at radius 2 is 1.60 bits per heavy atom. The van der Waals surface area contributed by atoms with E-state index < -0.39 is 28.0 Å². The molecule has 0 rings (SSSR count). The molecule has 0 aliphatic rings. The SMILES string of the molecule is CCOC(=O)C(NS(=O)(=O)CCCN)C(=O)OCC.Cl. The van der Waals surface area contributed by atoms with Gasteiger partial charge in [0.15, 0.2) is 0 Å². The molecule has 0 unspecified atom stereocenters. The summed E-state index contributed by atoms with van der Waals surface area (Å²) in [5.41, 5.74) is 5.21. The quantitative estimate of drug-likeness (QED) is 0.417. The van der Waals surface area contributed by atoms with E-state index >= 15 is 0 Å². The van der Waals surface area contributed by atoms with Crippen molar-refractivity contribution >= 4 is 34.4 Å². The van der Waals surface area contributed by atoms with E-state index in [1.165, 1.54) is 0 Å². The zero-order valence-corrected chi connectivity index (χ0v) is 13.1. The molecule has 120 valence electrons. The van der Waals surface area contributed by atoms with Crippen LogP contribution in [0.5, 0.6) is 0 Å². The van der Waals surface area contributed by atoms with Crippen LogP contribution in [0.15, 0.2) is 0 Å². The van der Waals surface area contributed by atoms with Crippen molar-refractivity contribution in [2.45, 2.75) is 26.3 Å². The van der Waals surface area contributed by atoms with Gasteiger partial charge in [0.05, 0.1) is 19.0 Å². The standard InChI is InChI=1S/C10H20N2O6S.ClH/c1-3-17-9(13)8(10(14)18-4-2)12-19(15,16)7-5-6-11;/h8,12H,3-7,11H2,1-2H3;1H. The zero-order valence-electron chi connectivity index (χ0n) is 11.5. The van der Waals surface area contributed by atoms with Crippen LogP contribution < -0.4 is 10.5 Å². The molecule has 8 nitrogen and oxygen atoms in total. The van der Waals surface area contributed by atoms with E-state index in [1.807, 2.05) is 4.72 Å². The van der Waals surface area contributed by atoms with Crippen LogP contribution in [0.4, 0.5) is 0 Å². The van der Waals surface area contributed by atoms with Gasteiger partial charge in [0, 0.05) is 0 Å². The van der Waals surface area contributed by atoms with Crippen molar-refractivity contribution in [1.29, 1.82) is 0 Å². The fourth-order valence-electron chi connectivity index (χ4n) is 1.16. The summed E-state index contributed by atoms with van der Waals surface area (Å²) in [6.45, 7) is 3.33. The summed E-state index contributed by atoms with van der Waals surface area (Å²) in [6, 6.07) is -1.68. The largest absolute Gasteiger partial charge is 0.464 e. The number of nitrogens with one attached hydrogen (secondary N) is 1. The van der Waals surface area contributed by atoms with Crippen LogP contribution in [0.3, 0.4) is 0 Å². The Hall–Kier alpha value is -0.900. The summed E-state index contributed by atoms with van der Waals surface area (Å²) >= 11 is 0. The summed E-state index contributed by atoms with van der Waals surface area (Å²) in [7, 11) is -3.80. The van der Waals surface area contributed by atoms with Gasteiger partial charge in [0.2, 0.25) is 16.1 Å². The molecule has 0 heterocycles. The molecule has 0 atom stereocenters. The van der Waals surface area contributed by atoms with Gasteiger partial charge in [-0.05, 0) is 26.8 Å². The lowest BCUT2D eigenvalue weighted by Gasteiger charge is -2.15. The molecule has 20 heavy (non-hydrogen) atoms. The fourth-order valence-corrected chi connectivity index (χ4v) is 2.37. The Balaban J connectivity index is 0. The molecule has 0 aliphatic carbocycles. The molecule has 0 bridgehead atoms. The average Bonchev–Trinajstić information content (AvgIpc) is 2.34. The molecule has 10 heteroatoms. The van der Waals surface area contributed by atoms with E-state index in [4.69, 9.17) is 5.73 Å². The van der Waals surface area contributed by atoms with Crippen molar-refractivity contribution in [3.05, 3.63) is 0 Å². The van der Waals surface area contributed by atoms with Gasteiger partial charge in [-0.25, -0.2) is 18.0 Å². The lowest BCUT2D eigenvalue weighted by atomic mass is 10.3. The Kier molecular flexibility index (Phi) is 11.6. The second-order valence-corrected chi connectivity index (χ2v) is 5.39. The van der Waals surface area contributed by atoms with E-state index in [0.717, 1.165) is 0 Å². The maximum absolute atomic E-state index is 11.6. The number of halogens is 1. The maximum Gasteiger partial charge on any atom is 0.335 e. The molecule has 0 aromatic heterocycles. The van der Waals surface area contributed by atoms with Crippen LogP contribution in [-0.4, -0.2) is 51.9 Å². The highest BCUT2D eigenvalue weighted by molar-refractivity contribution is 7.89. The first kappa shape index (κ1) is 21.4. The van der Waals surface area contributed by atoms with Crippen LogP contribution >= 0.6 is 12.4 Å². The fraction of sp³-hybridized carbons (Fsp3) is 0.800. The first-order chi connectivity index (χ1) is 8.87. The minimum absolute atomic E-state index is 0. The second kappa shape index (κ2) is 10.8. The normalized spacial score (nSPS) is 10.8. The number of ether oxygens (including phenoxy) is 2. The van der Waals surface area contributed by atoms with Gasteiger partial charge in [0.25, 0.3) is 0 Å². The Morgan fingerprint density at radius 3 is 1.95 bits per heavy atom. The number of hydrogen-bond donors (Lipinski definition) is 2. The topological polar surface area (TPSA) is 125 Å². The number of rotatable bonds is 9. The molecule has 0 saturated heterocycles. The van der Waals surface area contributed by atoms with Crippen molar-refractivity contribution in [2.75, 3.05) is 25.5 Å². The van der Waals surface area contributed by atoms with Gasteiger partial charge in [-0.2, -0.15) is 4.72 Å². The van der Waals surface area contributed by atoms with Gasteiger partial charge in [-0.1, -0.05) is 0 Å². The molecule has 0 aliphatic heterocycles. The Morgan fingerprint density at radius 1 is 1.15 bits per heavy atom. The van der Waals surface area contributed by atoms with Crippen molar-refractivity contribution in [2.24, 2.45) is 5.73 Å². The first-order valence-corrected chi connectivity index (χ1v) is 7.56. The molecule has 0 radical (unpaired) electrons. The zero-order chi connectivity index (χ0) is 14.9. The lowest BCUT2D eigenvalue weighted by molar-refractivity contribution is -0.157. The maximum atomic E-state index is 11.6. The van der Waals surface area contributed by atoms with E-state index in [-0.39, 0.29) is 44.3 Å². The molecule has 0 aromatic rings. The Bertz CT molecular complexity index is 383. The van der Waals surface area contributed by atoms with E-state index in [2.05, 4.69) is 9.47 Å². The highest BCUT2D eigenvalue weighted by Crippen LogP contribution is 1.99. The summed E-state index contributed by atoms with van der Waals surface area (Å²) in [5.74, 6) is -2.26. The molecule has 0 aromatic carbocycles. The molecule has 0 fully saturated rings. The van der Waals surface area contributed by atoms with Gasteiger partial charge in [-0.3, -0.25) is 0 Å². The van der Waals surface area contributed by atoms with Crippen LogP contribution in [0.2, 0.25) is 0 Å². The number of nitrogens with two attached hydrogens (primary N) is 1. The number of carbonyl (C=O) groups is 2. The van der Waals surface area contributed by atoms with Gasteiger partial charge in [0.1, 0.15) is 0 Å². The number of hydrogen-bond acceptors (Lipinski definition) is 7. The van der Waals surface area contributed by atoms with E-state index in [0.29, 0.717) is 0 Å². The van der Waals surface area contributed by atoms with Crippen LogP contribution in [0, 0.1) is 0 Å². The van der Waals surface area contributed by atoms with Gasteiger partial charge in [-0.15, -0.1) is 12.4 Å². The number of esters is 2. The number of carbonyl (C=O) groups excluding carboxylic acids is 2. The third kappa shape index (κ3) is 8.31. The molecule has 0 amide bonds. The minimum atomic E-state index is -3.80. The second-order valence-electron chi connectivity index (χ2n) is 3.52. The minimum Gasteiger partial charge on any atom is -0.464 e. The van der Waals surface area contributed by atoms with Crippen LogP contribution in [0.25, 0.3) is 0 Å². The first-order valence-electron chi connectivity index (χ1n) is 5.91. The van der Waals surface area contributed by atoms with Gasteiger partial charge >= 0.3 is 11.9 Å². The smallest absolute Gasteiger partial charge is 0.335 e. The van der Waals surface area contributed by atoms with Crippen LogP contribution in [0.1, 0.15) is 20.3 Å². The lowest BCUT2D eigenvalue weighted by Crippen LogP contribution is -2.49. The molecule has 0 saturated carbocycles. The molecule has 3 N–H and O–H groups in total.